The van der Waals surface area contributed by atoms with Crippen molar-refractivity contribution in [1.29, 1.82) is 0 Å². The number of benzene rings is 4. The summed E-state index contributed by atoms with van der Waals surface area (Å²) in [5, 5.41) is 0. The number of nitrogens with one attached hydrogen (secondary N) is 2. The maximum atomic E-state index is 6.00. The number of aromatic nitrogens is 4. The first-order chi connectivity index (χ1) is 35.7. The molecule has 3 aromatic heterocycles. The highest BCUT2D eigenvalue weighted by Gasteiger charge is 2.29. The van der Waals surface area contributed by atoms with E-state index >= 15 is 0 Å². The van der Waals surface area contributed by atoms with Gasteiger partial charge in [0.05, 0.1) is 22.8 Å². The molecule has 0 saturated carbocycles. The molecule has 0 aliphatic carbocycles. The standard InChI is InChI=1S/C56H50B4N4O8/c1-29-65-57(66-30-1)41-13-5-37(6-14-41)53-45-21-23-47(61-45)54(38-7-15-42(16-8-38)58-67-31-2-32-68-58)49-25-27-51(63-49)56(40-11-19-44(20-12-40)60-71-35-4-36-72-60)52-28-26-50(64-52)55(48-24-22-46(53)62-48)39-9-17-43(18-10-39)59-69-33-3-34-70-59/h5-28,61,64H,1-4,29-36H2. The van der Waals surface area contributed by atoms with Gasteiger partial charge in [0.2, 0.25) is 0 Å². The first kappa shape index (κ1) is 45.3. The Bertz CT molecular complexity index is 2900. The van der Waals surface area contributed by atoms with Crippen molar-refractivity contribution in [2.75, 3.05) is 52.9 Å². The molecule has 2 N–H and O–H groups in total. The Morgan fingerprint density at radius 2 is 0.486 bits per heavy atom. The number of hydrogen-bond donors (Lipinski definition) is 2. The first-order valence-corrected chi connectivity index (χ1v) is 25.2. The van der Waals surface area contributed by atoms with Crippen LogP contribution in [0.1, 0.15) is 48.5 Å². The molecule has 0 radical (unpaired) electrons. The molecule has 7 aromatic rings. The normalized spacial score (nSPS) is 17.2. The molecule has 9 heterocycles. The molecule has 13 rings (SSSR count). The van der Waals surface area contributed by atoms with Crippen molar-refractivity contribution in [3.05, 3.63) is 144 Å². The molecule has 8 bridgehead atoms. The van der Waals surface area contributed by atoms with Crippen LogP contribution >= 0.6 is 0 Å². The van der Waals surface area contributed by atoms with Crippen LogP contribution < -0.4 is 21.9 Å². The third kappa shape index (κ3) is 9.03. The van der Waals surface area contributed by atoms with Gasteiger partial charge in [0.1, 0.15) is 0 Å². The van der Waals surface area contributed by atoms with E-state index in [4.69, 9.17) is 47.2 Å². The maximum Gasteiger partial charge on any atom is 0.493 e. The van der Waals surface area contributed by atoms with Crippen LogP contribution in [0.3, 0.4) is 0 Å². The van der Waals surface area contributed by atoms with Crippen molar-refractivity contribution >= 4 is 96.7 Å². The van der Waals surface area contributed by atoms with Gasteiger partial charge in [0.15, 0.2) is 0 Å². The summed E-state index contributed by atoms with van der Waals surface area (Å²) >= 11 is 0. The predicted octanol–water partition coefficient (Wildman–Crippen LogP) is 7.85. The van der Waals surface area contributed by atoms with Gasteiger partial charge >= 0.3 is 28.5 Å². The second-order valence-corrected chi connectivity index (χ2v) is 18.7. The lowest BCUT2D eigenvalue weighted by molar-refractivity contribution is 0.143. The van der Waals surface area contributed by atoms with Crippen LogP contribution in [0.5, 0.6) is 0 Å². The van der Waals surface area contributed by atoms with Gasteiger partial charge in [-0.2, -0.15) is 0 Å². The first-order valence-electron chi connectivity index (χ1n) is 25.2. The van der Waals surface area contributed by atoms with Crippen LogP contribution in [0, 0.1) is 0 Å². The molecular formula is C56H50B4N4O8. The summed E-state index contributed by atoms with van der Waals surface area (Å²) in [4.78, 5) is 18.8. The smallest absolute Gasteiger partial charge is 0.407 e. The highest BCUT2D eigenvalue weighted by molar-refractivity contribution is 6.62. The van der Waals surface area contributed by atoms with Gasteiger partial charge in [-0.25, -0.2) is 9.97 Å². The topological polar surface area (TPSA) is 131 Å². The van der Waals surface area contributed by atoms with Crippen molar-refractivity contribution < 1.29 is 37.2 Å². The Labute approximate surface area is 419 Å². The van der Waals surface area contributed by atoms with Gasteiger partial charge in [-0.1, -0.05) is 97.1 Å². The van der Waals surface area contributed by atoms with Crippen LogP contribution in [-0.4, -0.2) is 101 Å². The maximum absolute atomic E-state index is 6.00. The largest absolute Gasteiger partial charge is 0.493 e. The number of aromatic amines is 2. The zero-order valence-corrected chi connectivity index (χ0v) is 39.8. The van der Waals surface area contributed by atoms with E-state index in [0.29, 0.717) is 52.9 Å². The molecule has 4 saturated heterocycles. The lowest BCUT2D eigenvalue weighted by Gasteiger charge is -2.20. The van der Waals surface area contributed by atoms with E-state index < -0.39 is 28.5 Å². The zero-order valence-electron chi connectivity index (χ0n) is 39.8. The average Bonchev–Trinajstić information content (AvgIpc) is 4.32. The van der Waals surface area contributed by atoms with Crippen molar-refractivity contribution in [2.45, 2.75) is 25.7 Å². The molecule has 0 amide bonds. The summed E-state index contributed by atoms with van der Waals surface area (Å²) in [6, 6.07) is 42.4. The van der Waals surface area contributed by atoms with Crippen LogP contribution in [0.15, 0.2) is 121 Å². The number of fused-ring (bicyclic) bond motifs is 8. The fourth-order valence-corrected chi connectivity index (χ4v) is 10.4. The molecule has 0 spiro atoms. The SMILES string of the molecule is C1=Cc2nc1c(-c1ccc(B3OCCCO3)cc1)c1ccc([nH]1)c(-c1ccc(B3OCCCO3)cc1)c1nc(c(-c3ccc(B4OCCCO4)cc3)c3ccc([nH]3)c2-c2ccc(B3OCCCO3)cc2)C=C1. The third-order valence-electron chi connectivity index (χ3n) is 13.9. The minimum absolute atomic E-state index is 0.398. The third-order valence-corrected chi connectivity index (χ3v) is 13.9. The lowest BCUT2D eigenvalue weighted by Crippen LogP contribution is -2.40. The summed E-state index contributed by atoms with van der Waals surface area (Å²) in [6.07, 6.45) is 12.0. The molecule has 354 valence electrons. The van der Waals surface area contributed by atoms with Gasteiger partial charge in [0, 0.05) is 97.2 Å². The lowest BCUT2D eigenvalue weighted by atomic mass is 9.77. The molecular weight excluding hydrogens is 900 g/mol. The molecule has 12 nitrogen and oxygen atoms in total. The fourth-order valence-electron chi connectivity index (χ4n) is 10.4. The summed E-state index contributed by atoms with van der Waals surface area (Å²) in [5.41, 5.74) is 18.6. The van der Waals surface area contributed by atoms with Gasteiger partial charge in [-0.05, 0) is 118 Å². The Balaban J connectivity index is 1.05. The molecule has 6 aliphatic rings. The number of H-pyrrole nitrogens is 2. The Hall–Kier alpha value is -6.58. The fraction of sp³-hybridized carbons (Fsp3) is 0.214. The van der Waals surface area contributed by atoms with E-state index in [9.17, 15) is 0 Å². The van der Waals surface area contributed by atoms with Crippen LogP contribution in [0.25, 0.3) is 90.9 Å². The Morgan fingerprint density at radius 1 is 0.278 bits per heavy atom. The monoisotopic (exact) mass is 950 g/mol. The molecule has 16 heteroatoms. The Morgan fingerprint density at radius 3 is 0.694 bits per heavy atom. The second kappa shape index (κ2) is 20.1. The molecule has 4 fully saturated rings. The Kier molecular flexibility index (Phi) is 12.7. The van der Waals surface area contributed by atoms with E-state index in [2.05, 4.69) is 156 Å². The highest BCUT2D eigenvalue weighted by atomic mass is 16.6. The van der Waals surface area contributed by atoms with Gasteiger partial charge in [-0.15, -0.1) is 0 Å². The summed E-state index contributed by atoms with van der Waals surface area (Å²) in [5.74, 6) is 0. The molecule has 6 aliphatic heterocycles. The van der Waals surface area contributed by atoms with E-state index in [1.807, 2.05) is 0 Å². The van der Waals surface area contributed by atoms with Gasteiger partial charge < -0.3 is 47.2 Å². The van der Waals surface area contributed by atoms with E-state index in [1.165, 1.54) is 0 Å². The summed E-state index contributed by atoms with van der Waals surface area (Å²) < 4.78 is 48.0. The predicted molar refractivity (Wildman–Crippen MR) is 288 cm³/mol. The second-order valence-electron chi connectivity index (χ2n) is 18.7. The molecule has 0 atom stereocenters. The quantitative estimate of drug-likeness (QED) is 0.145. The van der Waals surface area contributed by atoms with Crippen molar-refractivity contribution in [2.24, 2.45) is 0 Å². The van der Waals surface area contributed by atoms with Crippen LogP contribution in [-0.2, 0) is 37.2 Å². The van der Waals surface area contributed by atoms with Crippen molar-refractivity contribution in [3.63, 3.8) is 0 Å². The van der Waals surface area contributed by atoms with Gasteiger partial charge in [-0.3, -0.25) is 0 Å². The number of hydrogen-bond acceptors (Lipinski definition) is 10. The van der Waals surface area contributed by atoms with E-state index in [-0.39, 0.29) is 0 Å². The van der Waals surface area contributed by atoms with E-state index in [0.717, 1.165) is 137 Å². The molecule has 0 unspecified atom stereocenters. The average molecular weight is 950 g/mol. The van der Waals surface area contributed by atoms with Crippen molar-refractivity contribution in [1.82, 2.24) is 19.9 Å². The molecule has 4 aromatic carbocycles. The van der Waals surface area contributed by atoms with E-state index in [1.54, 1.807) is 0 Å². The number of nitrogens with zero attached hydrogens (tertiary/aromatic N) is 2. The summed E-state index contributed by atoms with van der Waals surface area (Å²) in [6.45, 7) is 5.36. The minimum Gasteiger partial charge on any atom is -0.407 e. The highest BCUT2D eigenvalue weighted by Crippen LogP contribution is 2.38. The molecule has 72 heavy (non-hydrogen) atoms. The van der Waals surface area contributed by atoms with Crippen LogP contribution in [0.4, 0.5) is 0 Å². The summed E-state index contributed by atoms with van der Waals surface area (Å²) in [7, 11) is -1.59. The van der Waals surface area contributed by atoms with Crippen LogP contribution in [0.2, 0.25) is 0 Å². The number of rotatable bonds is 8. The minimum atomic E-state index is -0.398. The zero-order chi connectivity index (χ0) is 47.8. The van der Waals surface area contributed by atoms with Crippen molar-refractivity contribution in [3.8, 4) is 44.5 Å². The van der Waals surface area contributed by atoms with Gasteiger partial charge in [0.25, 0.3) is 0 Å².